The number of carbonyl (C=O) groups is 1. The Morgan fingerprint density at radius 3 is 2.19 bits per heavy atom. The Morgan fingerprint density at radius 1 is 0.774 bits per heavy atom. The fourth-order valence-corrected chi connectivity index (χ4v) is 2.93. The van der Waals surface area contributed by atoms with Crippen LogP contribution >= 0.6 is 0 Å². The highest BCUT2D eigenvalue weighted by atomic mass is 16.5. The molecule has 3 N–H and O–H groups in total. The minimum Gasteiger partial charge on any atom is -0.497 e. The number of nitrogens with one attached hydrogen (secondary N) is 3. The van der Waals surface area contributed by atoms with E-state index in [1.807, 2.05) is 66.7 Å². The lowest BCUT2D eigenvalue weighted by molar-refractivity contribution is -0.114. The zero-order chi connectivity index (χ0) is 22.2. The molecule has 0 aliphatic carbocycles. The quantitative estimate of drug-likeness (QED) is 0.437. The predicted molar refractivity (Wildman–Crippen MR) is 123 cm³/mol. The number of hydrogen-bond donors (Lipinski definition) is 3. The summed E-state index contributed by atoms with van der Waals surface area (Å²) >= 11 is 0. The molecule has 8 heteroatoms. The van der Waals surface area contributed by atoms with Crippen LogP contribution in [-0.2, 0) is 4.79 Å². The Balaban J connectivity index is 1.97. The van der Waals surface area contributed by atoms with Gasteiger partial charge in [-0.05, 0) is 42.5 Å². The average molecular weight is 422 g/mol. The van der Waals surface area contributed by atoms with Crippen LogP contribution in [0.15, 0.2) is 66.7 Å². The van der Waals surface area contributed by atoms with Gasteiger partial charge in [0.25, 0.3) is 0 Å². The molecule has 0 fully saturated rings. The molecule has 8 nitrogen and oxygen atoms in total. The van der Waals surface area contributed by atoms with Gasteiger partial charge in [-0.15, -0.1) is 0 Å². The largest absolute Gasteiger partial charge is 0.497 e. The molecule has 0 aliphatic heterocycles. The average Bonchev–Trinajstić information content (AvgIpc) is 2.78. The first-order chi connectivity index (χ1) is 15.0. The van der Waals surface area contributed by atoms with E-state index in [2.05, 4.69) is 16.2 Å². The maximum Gasteiger partial charge on any atom is 0.221 e. The molecule has 162 valence electrons. The SMILES string of the molecule is COc1cccc(N(Nc2cccc(NC(C)=O)c2)Nc2cc(OC)ccc2OC)c1. The lowest BCUT2D eigenvalue weighted by Gasteiger charge is -2.29. The van der Waals surface area contributed by atoms with Crippen LogP contribution in [0.5, 0.6) is 17.2 Å². The van der Waals surface area contributed by atoms with Crippen LogP contribution in [0.25, 0.3) is 0 Å². The molecule has 3 rings (SSSR count). The van der Waals surface area contributed by atoms with E-state index in [4.69, 9.17) is 14.2 Å². The van der Waals surface area contributed by atoms with E-state index in [0.717, 1.165) is 11.4 Å². The molecule has 0 unspecified atom stereocenters. The summed E-state index contributed by atoms with van der Waals surface area (Å²) in [5, 5.41) is 4.51. The molecule has 0 saturated heterocycles. The van der Waals surface area contributed by atoms with Crippen molar-refractivity contribution in [1.82, 2.24) is 0 Å². The van der Waals surface area contributed by atoms with Gasteiger partial charge >= 0.3 is 0 Å². The first kappa shape index (κ1) is 21.6. The van der Waals surface area contributed by atoms with Gasteiger partial charge in [0, 0.05) is 24.7 Å². The fraction of sp³-hybridized carbons (Fsp3) is 0.174. The van der Waals surface area contributed by atoms with E-state index in [1.165, 1.54) is 6.92 Å². The number of ether oxygens (including phenoxy) is 3. The maximum absolute atomic E-state index is 11.4. The van der Waals surface area contributed by atoms with Gasteiger partial charge < -0.3 is 19.5 Å². The predicted octanol–water partition coefficient (Wildman–Crippen LogP) is 4.53. The van der Waals surface area contributed by atoms with Gasteiger partial charge in [0.05, 0.1) is 32.7 Å². The highest BCUT2D eigenvalue weighted by molar-refractivity contribution is 5.89. The molecule has 0 saturated carbocycles. The molecular weight excluding hydrogens is 396 g/mol. The number of anilines is 4. The summed E-state index contributed by atoms with van der Waals surface area (Å²) < 4.78 is 16.2. The Hall–Kier alpha value is -4.07. The van der Waals surface area contributed by atoms with E-state index in [1.54, 1.807) is 26.4 Å². The van der Waals surface area contributed by atoms with Crippen LogP contribution in [-0.4, -0.2) is 27.2 Å². The third kappa shape index (κ3) is 5.72. The zero-order valence-electron chi connectivity index (χ0n) is 17.9. The lowest BCUT2D eigenvalue weighted by Crippen LogP contribution is -2.35. The summed E-state index contributed by atoms with van der Waals surface area (Å²) in [6.07, 6.45) is 0. The van der Waals surface area contributed by atoms with Gasteiger partial charge in [-0.25, -0.2) is 0 Å². The standard InChI is InChI=1S/C23H26N4O4/c1-16(28)24-17-7-5-8-18(13-17)25-27(19-9-6-10-20(14-19)29-2)26-22-15-21(30-3)11-12-23(22)31-4/h5-15,25-26H,1-4H3,(H,24,28). The highest BCUT2D eigenvalue weighted by Gasteiger charge is 2.13. The van der Waals surface area contributed by atoms with Crippen molar-refractivity contribution in [2.24, 2.45) is 0 Å². The van der Waals surface area contributed by atoms with Gasteiger partial charge in [-0.1, -0.05) is 12.1 Å². The van der Waals surface area contributed by atoms with Crippen molar-refractivity contribution in [1.29, 1.82) is 0 Å². The van der Waals surface area contributed by atoms with Crippen LogP contribution in [0.4, 0.5) is 22.7 Å². The number of benzene rings is 3. The van der Waals surface area contributed by atoms with Gasteiger partial charge in [0.15, 0.2) is 0 Å². The Kier molecular flexibility index (Phi) is 7.05. The van der Waals surface area contributed by atoms with E-state index < -0.39 is 0 Å². The molecular formula is C23H26N4O4. The number of methoxy groups -OCH3 is 3. The molecule has 31 heavy (non-hydrogen) atoms. The molecule has 0 radical (unpaired) electrons. The third-order valence-electron chi connectivity index (χ3n) is 4.37. The molecule has 0 aliphatic rings. The second kappa shape index (κ2) is 10.1. The molecule has 0 atom stereocenters. The Labute approximate surface area is 181 Å². The Morgan fingerprint density at radius 2 is 1.48 bits per heavy atom. The fourth-order valence-electron chi connectivity index (χ4n) is 2.93. The number of nitrogens with zero attached hydrogens (tertiary/aromatic N) is 1. The molecule has 1 amide bonds. The van der Waals surface area contributed by atoms with Crippen LogP contribution in [0.2, 0.25) is 0 Å². The van der Waals surface area contributed by atoms with E-state index in [0.29, 0.717) is 28.6 Å². The van der Waals surface area contributed by atoms with Gasteiger partial charge in [-0.3, -0.25) is 15.6 Å². The van der Waals surface area contributed by atoms with Crippen LogP contribution in [0, 0.1) is 0 Å². The van der Waals surface area contributed by atoms with E-state index in [-0.39, 0.29) is 5.91 Å². The van der Waals surface area contributed by atoms with Crippen molar-refractivity contribution in [3.8, 4) is 17.2 Å². The third-order valence-corrected chi connectivity index (χ3v) is 4.37. The van der Waals surface area contributed by atoms with E-state index >= 15 is 0 Å². The van der Waals surface area contributed by atoms with Crippen molar-refractivity contribution < 1.29 is 19.0 Å². The number of amides is 1. The monoisotopic (exact) mass is 422 g/mol. The number of hydrazine groups is 2. The second-order valence-corrected chi connectivity index (χ2v) is 6.59. The summed E-state index contributed by atoms with van der Waals surface area (Å²) in [7, 11) is 4.83. The molecule has 0 aromatic heterocycles. The molecule has 3 aromatic carbocycles. The lowest BCUT2D eigenvalue weighted by atomic mass is 10.2. The first-order valence-electron chi connectivity index (χ1n) is 9.59. The van der Waals surface area contributed by atoms with E-state index in [9.17, 15) is 4.79 Å². The first-order valence-corrected chi connectivity index (χ1v) is 9.59. The normalized spacial score (nSPS) is 10.1. The summed E-state index contributed by atoms with van der Waals surface area (Å²) in [4.78, 5) is 11.4. The smallest absolute Gasteiger partial charge is 0.221 e. The molecule has 0 heterocycles. The topological polar surface area (TPSA) is 84.1 Å². The number of hydrogen-bond acceptors (Lipinski definition) is 7. The van der Waals surface area contributed by atoms with Crippen LogP contribution in [0.3, 0.4) is 0 Å². The summed E-state index contributed by atoms with van der Waals surface area (Å²) in [6.45, 7) is 1.47. The number of carbonyl (C=O) groups excluding carboxylic acids is 1. The highest BCUT2D eigenvalue weighted by Crippen LogP contribution is 2.31. The van der Waals surface area contributed by atoms with Crippen molar-refractivity contribution >= 4 is 28.7 Å². The Bertz CT molecular complexity index is 1040. The van der Waals surface area contributed by atoms with Gasteiger partial charge in [0.2, 0.25) is 5.91 Å². The van der Waals surface area contributed by atoms with Crippen molar-refractivity contribution in [2.45, 2.75) is 6.92 Å². The minimum absolute atomic E-state index is 0.138. The summed E-state index contributed by atoms with van der Waals surface area (Å²) in [6, 6.07) is 20.4. The molecule has 3 aromatic rings. The van der Waals surface area contributed by atoms with Gasteiger partial charge in [0.1, 0.15) is 22.9 Å². The van der Waals surface area contributed by atoms with Crippen molar-refractivity contribution in [2.75, 3.05) is 42.6 Å². The van der Waals surface area contributed by atoms with Crippen molar-refractivity contribution in [3.05, 3.63) is 66.7 Å². The van der Waals surface area contributed by atoms with Crippen LogP contribution in [0.1, 0.15) is 6.92 Å². The zero-order valence-corrected chi connectivity index (χ0v) is 17.9. The van der Waals surface area contributed by atoms with Crippen LogP contribution < -0.4 is 35.5 Å². The maximum atomic E-state index is 11.4. The minimum atomic E-state index is -0.138. The van der Waals surface area contributed by atoms with Crippen molar-refractivity contribution in [3.63, 3.8) is 0 Å². The second-order valence-electron chi connectivity index (χ2n) is 6.59. The summed E-state index contributed by atoms with van der Waals surface area (Å²) in [5.41, 5.74) is 9.55. The summed E-state index contributed by atoms with van der Waals surface area (Å²) in [5.74, 6) is 1.89. The number of rotatable bonds is 9. The molecule has 0 bridgehead atoms. The molecule has 0 spiro atoms. The van der Waals surface area contributed by atoms with Gasteiger partial charge in [-0.2, -0.15) is 5.12 Å².